The van der Waals surface area contributed by atoms with Gasteiger partial charge in [0.25, 0.3) is 0 Å². The third-order valence-corrected chi connectivity index (χ3v) is 5.61. The monoisotopic (exact) mass is 470 g/mol. The van der Waals surface area contributed by atoms with Crippen LogP contribution in [0.1, 0.15) is 31.8 Å². The molecule has 0 atom stereocenters. The molecule has 0 aromatic heterocycles. The van der Waals surface area contributed by atoms with Crippen LogP contribution in [0.25, 0.3) is 0 Å². The molecule has 174 valence electrons. The average molecular weight is 471 g/mol. The van der Waals surface area contributed by atoms with E-state index in [2.05, 4.69) is 0 Å². The van der Waals surface area contributed by atoms with Crippen molar-refractivity contribution in [2.24, 2.45) is 0 Å². The lowest BCUT2D eigenvalue weighted by Crippen LogP contribution is -2.01. The minimum atomic E-state index is -0.0416. The number of ether oxygens (including phenoxy) is 2. The summed E-state index contributed by atoms with van der Waals surface area (Å²) in [4.78, 5) is 25.3. The van der Waals surface area contributed by atoms with Crippen molar-refractivity contribution in [2.75, 3.05) is 0 Å². The Kier molecular flexibility index (Phi) is 6.68. The van der Waals surface area contributed by atoms with Gasteiger partial charge in [0.2, 0.25) is 0 Å². The number of hydrogen-bond acceptors (Lipinski definition) is 4. The van der Waals surface area contributed by atoms with Crippen LogP contribution >= 0.6 is 0 Å². The van der Waals surface area contributed by atoms with Crippen molar-refractivity contribution in [3.8, 4) is 23.0 Å². The van der Waals surface area contributed by atoms with Crippen molar-refractivity contribution in [1.82, 2.24) is 0 Å². The number of ketones is 2. The minimum absolute atomic E-state index is 0.0416. The van der Waals surface area contributed by atoms with Crippen LogP contribution in [0.4, 0.5) is 0 Å². The Hall–Kier alpha value is -4.96. The van der Waals surface area contributed by atoms with Gasteiger partial charge in [-0.2, -0.15) is 0 Å². The topological polar surface area (TPSA) is 52.6 Å². The van der Waals surface area contributed by atoms with E-state index >= 15 is 0 Å². The van der Waals surface area contributed by atoms with E-state index in [-0.39, 0.29) is 11.6 Å². The van der Waals surface area contributed by atoms with Crippen molar-refractivity contribution in [3.63, 3.8) is 0 Å². The highest BCUT2D eigenvalue weighted by Crippen LogP contribution is 2.35. The van der Waals surface area contributed by atoms with Crippen molar-refractivity contribution >= 4 is 11.6 Å². The van der Waals surface area contributed by atoms with E-state index in [0.29, 0.717) is 45.3 Å². The van der Waals surface area contributed by atoms with Crippen molar-refractivity contribution in [3.05, 3.63) is 156 Å². The van der Waals surface area contributed by atoms with Crippen LogP contribution in [0.2, 0.25) is 0 Å². The molecule has 0 aliphatic heterocycles. The van der Waals surface area contributed by atoms with Gasteiger partial charge in [-0.3, -0.25) is 9.59 Å². The number of para-hydroxylation sites is 2. The zero-order valence-electron chi connectivity index (χ0n) is 19.3. The fraction of sp³-hybridized carbons (Fsp3) is 0. The summed E-state index contributed by atoms with van der Waals surface area (Å²) in [5.74, 6) is 2.15. The van der Waals surface area contributed by atoms with Gasteiger partial charge in [0, 0.05) is 22.3 Å². The minimum Gasteiger partial charge on any atom is -0.453 e. The summed E-state index contributed by atoms with van der Waals surface area (Å²) in [5, 5.41) is 0. The first-order valence-electron chi connectivity index (χ1n) is 11.5. The first kappa shape index (κ1) is 22.8. The highest BCUT2D eigenvalue weighted by molar-refractivity contribution is 6.09. The molecule has 5 rings (SSSR count). The SMILES string of the molecule is O=C(c1ccccc1)c1ccc(Oc2ccccc2Oc2ccc(C(=O)c3ccccc3)cc2)cc1. The van der Waals surface area contributed by atoms with Gasteiger partial charge in [-0.05, 0) is 60.7 Å². The molecule has 0 aliphatic rings. The highest BCUT2D eigenvalue weighted by Gasteiger charge is 2.12. The van der Waals surface area contributed by atoms with Gasteiger partial charge in [0.1, 0.15) is 11.5 Å². The smallest absolute Gasteiger partial charge is 0.193 e. The van der Waals surface area contributed by atoms with Crippen LogP contribution in [0.15, 0.2) is 133 Å². The molecule has 0 saturated carbocycles. The molecule has 4 heteroatoms. The molecule has 36 heavy (non-hydrogen) atoms. The molecule has 0 fully saturated rings. The van der Waals surface area contributed by atoms with Crippen LogP contribution in [0.5, 0.6) is 23.0 Å². The molecule has 4 nitrogen and oxygen atoms in total. The fourth-order valence-corrected chi connectivity index (χ4v) is 3.73. The van der Waals surface area contributed by atoms with E-state index < -0.39 is 0 Å². The predicted molar refractivity (Wildman–Crippen MR) is 139 cm³/mol. The Balaban J connectivity index is 1.29. The Labute approximate surface area is 209 Å². The van der Waals surface area contributed by atoms with Crippen LogP contribution in [0.3, 0.4) is 0 Å². The third kappa shape index (κ3) is 5.24. The van der Waals surface area contributed by atoms with Gasteiger partial charge in [0.15, 0.2) is 23.1 Å². The quantitative estimate of drug-likeness (QED) is 0.218. The summed E-state index contributed by atoms with van der Waals surface area (Å²) in [7, 11) is 0. The molecular weight excluding hydrogens is 448 g/mol. The van der Waals surface area contributed by atoms with E-state index in [1.807, 2.05) is 60.7 Å². The van der Waals surface area contributed by atoms with E-state index in [9.17, 15) is 9.59 Å². The molecule has 0 heterocycles. The molecule has 5 aromatic rings. The van der Waals surface area contributed by atoms with Crippen LogP contribution in [-0.4, -0.2) is 11.6 Å². The number of benzene rings is 5. The maximum absolute atomic E-state index is 12.6. The van der Waals surface area contributed by atoms with E-state index in [1.54, 1.807) is 72.8 Å². The second-order valence-electron chi connectivity index (χ2n) is 8.09. The number of hydrogen-bond donors (Lipinski definition) is 0. The van der Waals surface area contributed by atoms with Crippen molar-refractivity contribution < 1.29 is 19.1 Å². The standard InChI is InChI=1S/C32H22O4/c33-31(23-9-3-1-4-10-23)25-15-19-27(20-16-25)35-29-13-7-8-14-30(29)36-28-21-17-26(18-22-28)32(34)24-11-5-2-6-12-24/h1-22H. The van der Waals surface area contributed by atoms with Crippen LogP contribution < -0.4 is 9.47 Å². The predicted octanol–water partition coefficient (Wildman–Crippen LogP) is 7.73. The number of carbonyl (C=O) groups excluding carboxylic acids is 2. The lowest BCUT2D eigenvalue weighted by atomic mass is 10.0. The van der Waals surface area contributed by atoms with Gasteiger partial charge in [-0.1, -0.05) is 72.8 Å². The van der Waals surface area contributed by atoms with Gasteiger partial charge in [0.05, 0.1) is 0 Å². The summed E-state index contributed by atoms with van der Waals surface area (Å²) in [6.07, 6.45) is 0. The van der Waals surface area contributed by atoms with Crippen LogP contribution in [-0.2, 0) is 0 Å². The number of carbonyl (C=O) groups is 2. The summed E-state index contributed by atoms with van der Waals surface area (Å²) in [6.45, 7) is 0. The first-order valence-corrected chi connectivity index (χ1v) is 11.5. The Morgan fingerprint density at radius 3 is 1.03 bits per heavy atom. The molecule has 0 radical (unpaired) electrons. The van der Waals surface area contributed by atoms with Crippen molar-refractivity contribution in [2.45, 2.75) is 0 Å². The summed E-state index contributed by atoms with van der Waals surface area (Å²) < 4.78 is 12.1. The fourth-order valence-electron chi connectivity index (χ4n) is 3.73. The lowest BCUT2D eigenvalue weighted by molar-refractivity contribution is 0.103. The van der Waals surface area contributed by atoms with Gasteiger partial charge in [-0.25, -0.2) is 0 Å². The normalized spacial score (nSPS) is 10.4. The molecule has 0 amide bonds. The highest BCUT2D eigenvalue weighted by atomic mass is 16.5. The maximum Gasteiger partial charge on any atom is 0.193 e. The first-order chi connectivity index (χ1) is 17.7. The van der Waals surface area contributed by atoms with E-state index in [1.165, 1.54) is 0 Å². The molecule has 0 spiro atoms. The van der Waals surface area contributed by atoms with E-state index in [0.717, 1.165) is 0 Å². The Morgan fingerprint density at radius 1 is 0.361 bits per heavy atom. The lowest BCUT2D eigenvalue weighted by Gasteiger charge is -2.13. The summed E-state index contributed by atoms with van der Waals surface area (Å²) >= 11 is 0. The second kappa shape index (κ2) is 10.5. The summed E-state index contributed by atoms with van der Waals surface area (Å²) in [6, 6.07) is 39.7. The third-order valence-electron chi connectivity index (χ3n) is 5.61. The van der Waals surface area contributed by atoms with Gasteiger partial charge in [-0.15, -0.1) is 0 Å². The van der Waals surface area contributed by atoms with Crippen molar-refractivity contribution in [1.29, 1.82) is 0 Å². The molecule has 0 bridgehead atoms. The molecule has 0 saturated heterocycles. The average Bonchev–Trinajstić information content (AvgIpc) is 2.95. The molecule has 0 N–H and O–H groups in total. The van der Waals surface area contributed by atoms with Gasteiger partial charge >= 0.3 is 0 Å². The molecule has 0 unspecified atom stereocenters. The second-order valence-corrected chi connectivity index (χ2v) is 8.09. The van der Waals surface area contributed by atoms with Crippen LogP contribution in [0, 0.1) is 0 Å². The molecule has 5 aromatic carbocycles. The maximum atomic E-state index is 12.6. The largest absolute Gasteiger partial charge is 0.453 e. The molecule has 0 aliphatic carbocycles. The zero-order chi connectivity index (χ0) is 24.7. The summed E-state index contributed by atoms with van der Waals surface area (Å²) in [5.41, 5.74) is 2.45. The Bertz CT molecular complexity index is 1360. The van der Waals surface area contributed by atoms with E-state index in [4.69, 9.17) is 9.47 Å². The Morgan fingerprint density at radius 2 is 0.667 bits per heavy atom. The number of rotatable bonds is 8. The molecular formula is C32H22O4. The zero-order valence-corrected chi connectivity index (χ0v) is 19.3. The van der Waals surface area contributed by atoms with Gasteiger partial charge < -0.3 is 9.47 Å².